The van der Waals surface area contributed by atoms with Crippen LogP contribution in [-0.2, 0) is 21.2 Å². The molecule has 1 saturated heterocycles. The number of aromatic nitrogens is 2. The number of imidazole rings is 1. The molecule has 152 valence electrons. The molecule has 0 bridgehead atoms. The second-order valence-electron chi connectivity index (χ2n) is 7.50. The van der Waals surface area contributed by atoms with Gasteiger partial charge in [0.1, 0.15) is 0 Å². The Balaban J connectivity index is 1.71. The molecule has 1 atom stereocenters. The number of sulfonamides is 1. The van der Waals surface area contributed by atoms with Crippen LogP contribution < -0.4 is 5.32 Å². The van der Waals surface area contributed by atoms with Crippen LogP contribution in [0.5, 0.6) is 0 Å². The maximum Gasteiger partial charge on any atom is 0.262 e. The van der Waals surface area contributed by atoms with E-state index in [1.807, 2.05) is 38.1 Å². The minimum Gasteiger partial charge on any atom is -0.334 e. The van der Waals surface area contributed by atoms with Gasteiger partial charge in [0, 0.05) is 31.0 Å². The third-order valence-electron chi connectivity index (χ3n) is 5.14. The van der Waals surface area contributed by atoms with Crippen molar-refractivity contribution in [2.45, 2.75) is 51.1 Å². The molecule has 0 saturated carbocycles. The number of nitrogens with one attached hydrogen (secondary N) is 1. The van der Waals surface area contributed by atoms with Crippen molar-refractivity contribution in [2.24, 2.45) is 5.92 Å². The number of nitrogens with zero attached hydrogens (tertiary/aromatic N) is 3. The first-order valence-corrected chi connectivity index (χ1v) is 11.2. The number of carbonyl (C=O) groups excluding carboxylic acids is 1. The molecule has 2 aromatic rings. The van der Waals surface area contributed by atoms with E-state index in [1.165, 1.54) is 10.6 Å². The van der Waals surface area contributed by atoms with E-state index in [9.17, 15) is 13.2 Å². The zero-order chi connectivity index (χ0) is 20.3. The number of anilines is 1. The fraction of sp³-hybridized carbons (Fsp3) is 0.500. The van der Waals surface area contributed by atoms with E-state index in [0.717, 1.165) is 17.7 Å². The molecule has 1 amide bonds. The second kappa shape index (κ2) is 8.45. The van der Waals surface area contributed by atoms with E-state index in [0.29, 0.717) is 19.4 Å². The number of aryl methyl sites for hydroxylation is 1. The van der Waals surface area contributed by atoms with Crippen LogP contribution in [0, 0.1) is 5.92 Å². The Hall–Kier alpha value is -2.19. The van der Waals surface area contributed by atoms with E-state index in [1.54, 1.807) is 10.8 Å². The highest BCUT2D eigenvalue weighted by Gasteiger charge is 2.34. The summed E-state index contributed by atoms with van der Waals surface area (Å²) >= 11 is 0. The first-order chi connectivity index (χ1) is 13.3. The molecule has 0 unspecified atom stereocenters. The van der Waals surface area contributed by atoms with Crippen molar-refractivity contribution in [3.8, 4) is 0 Å². The average Bonchev–Trinajstić information content (AvgIpc) is 3.20. The number of hydrogen-bond donors (Lipinski definition) is 1. The van der Waals surface area contributed by atoms with E-state index in [2.05, 4.69) is 17.2 Å². The number of benzene rings is 1. The summed E-state index contributed by atoms with van der Waals surface area (Å²) in [6.07, 6.45) is 5.30. The van der Waals surface area contributed by atoms with Crippen molar-refractivity contribution < 1.29 is 13.2 Å². The van der Waals surface area contributed by atoms with Crippen LogP contribution >= 0.6 is 0 Å². The number of carbonyl (C=O) groups is 1. The number of rotatable bonds is 6. The van der Waals surface area contributed by atoms with Gasteiger partial charge < -0.3 is 9.88 Å². The first kappa shape index (κ1) is 20.5. The summed E-state index contributed by atoms with van der Waals surface area (Å²) < 4.78 is 29.1. The van der Waals surface area contributed by atoms with Gasteiger partial charge in [0.05, 0.1) is 12.2 Å². The summed E-state index contributed by atoms with van der Waals surface area (Å²) in [4.78, 5) is 16.8. The molecule has 7 nitrogen and oxygen atoms in total. The monoisotopic (exact) mass is 404 g/mol. The van der Waals surface area contributed by atoms with Crippen LogP contribution in [0.1, 0.15) is 45.2 Å². The zero-order valence-electron chi connectivity index (χ0n) is 16.6. The molecule has 0 aliphatic carbocycles. The molecule has 0 radical (unpaired) electrons. The van der Waals surface area contributed by atoms with Gasteiger partial charge in [-0.25, -0.2) is 13.4 Å². The van der Waals surface area contributed by atoms with Gasteiger partial charge in [-0.05, 0) is 50.8 Å². The Morgan fingerprint density at radius 1 is 1.36 bits per heavy atom. The second-order valence-corrected chi connectivity index (χ2v) is 9.38. The first-order valence-electron chi connectivity index (χ1n) is 9.74. The van der Waals surface area contributed by atoms with E-state index < -0.39 is 10.0 Å². The number of piperidine rings is 1. The summed E-state index contributed by atoms with van der Waals surface area (Å²) in [7, 11) is -3.70. The highest BCUT2D eigenvalue weighted by molar-refractivity contribution is 7.89. The van der Waals surface area contributed by atoms with Crippen LogP contribution in [-0.4, -0.2) is 41.3 Å². The van der Waals surface area contributed by atoms with Crippen LogP contribution in [0.3, 0.4) is 0 Å². The summed E-state index contributed by atoms with van der Waals surface area (Å²) in [6.45, 7) is 6.58. The maximum atomic E-state index is 13.0. The highest BCUT2D eigenvalue weighted by atomic mass is 32.2. The van der Waals surface area contributed by atoms with Crippen molar-refractivity contribution >= 4 is 21.6 Å². The fourth-order valence-electron chi connectivity index (χ4n) is 3.35. The van der Waals surface area contributed by atoms with E-state index in [4.69, 9.17) is 0 Å². The predicted molar refractivity (Wildman–Crippen MR) is 109 cm³/mol. The Kier molecular flexibility index (Phi) is 6.20. The molecule has 0 spiro atoms. The molecule has 1 aromatic carbocycles. The van der Waals surface area contributed by atoms with Gasteiger partial charge in [-0.15, -0.1) is 0 Å². The van der Waals surface area contributed by atoms with Gasteiger partial charge in [-0.3, -0.25) is 4.79 Å². The normalized spacial score (nSPS) is 18.4. The number of hydrogen-bond acceptors (Lipinski definition) is 4. The SMILES string of the molecule is CCc1cccc(NC(=O)[C@@H]2CCCN(S(=O)(=O)c3cn(C(C)C)cn3)C2)c1. The Morgan fingerprint density at radius 3 is 2.82 bits per heavy atom. The lowest BCUT2D eigenvalue weighted by atomic mass is 9.98. The Labute approximate surface area is 166 Å². The fourth-order valence-corrected chi connectivity index (χ4v) is 4.80. The molecule has 1 aliphatic heterocycles. The molecular formula is C20H28N4O3S. The minimum atomic E-state index is -3.70. The van der Waals surface area contributed by atoms with Crippen molar-refractivity contribution in [3.63, 3.8) is 0 Å². The molecule has 1 aromatic heterocycles. The van der Waals surface area contributed by atoms with Gasteiger partial charge in [0.2, 0.25) is 5.91 Å². The third-order valence-corrected chi connectivity index (χ3v) is 6.89. The van der Waals surface area contributed by atoms with Crippen LogP contribution in [0.15, 0.2) is 41.8 Å². The van der Waals surface area contributed by atoms with Crippen molar-refractivity contribution in [1.29, 1.82) is 0 Å². The topological polar surface area (TPSA) is 84.3 Å². The molecule has 28 heavy (non-hydrogen) atoms. The van der Waals surface area contributed by atoms with Crippen molar-refractivity contribution in [2.75, 3.05) is 18.4 Å². The van der Waals surface area contributed by atoms with Gasteiger partial charge in [0.25, 0.3) is 10.0 Å². The van der Waals surface area contributed by atoms with Gasteiger partial charge in [-0.1, -0.05) is 19.1 Å². The Morgan fingerprint density at radius 2 is 2.14 bits per heavy atom. The maximum absolute atomic E-state index is 13.0. The Bertz CT molecular complexity index is 936. The van der Waals surface area contributed by atoms with E-state index in [-0.39, 0.29) is 29.4 Å². The summed E-state index contributed by atoms with van der Waals surface area (Å²) in [6, 6.07) is 7.87. The summed E-state index contributed by atoms with van der Waals surface area (Å²) in [5, 5.41) is 2.98. The largest absolute Gasteiger partial charge is 0.334 e. The minimum absolute atomic E-state index is 0.0397. The quantitative estimate of drug-likeness (QED) is 0.802. The summed E-state index contributed by atoms with van der Waals surface area (Å²) in [5.41, 5.74) is 1.89. The van der Waals surface area contributed by atoms with E-state index >= 15 is 0 Å². The zero-order valence-corrected chi connectivity index (χ0v) is 17.4. The highest BCUT2D eigenvalue weighted by Crippen LogP contribution is 2.25. The van der Waals surface area contributed by atoms with Crippen molar-refractivity contribution in [3.05, 3.63) is 42.4 Å². The molecule has 3 rings (SSSR count). The van der Waals surface area contributed by atoms with Crippen LogP contribution in [0.4, 0.5) is 5.69 Å². The van der Waals surface area contributed by atoms with Gasteiger partial charge >= 0.3 is 0 Å². The van der Waals surface area contributed by atoms with Crippen LogP contribution in [0.25, 0.3) is 0 Å². The molecule has 1 aliphatic rings. The average molecular weight is 405 g/mol. The third kappa shape index (κ3) is 4.44. The lowest BCUT2D eigenvalue weighted by Crippen LogP contribution is -2.43. The number of amides is 1. The van der Waals surface area contributed by atoms with Gasteiger partial charge in [0.15, 0.2) is 5.03 Å². The molecule has 1 fully saturated rings. The van der Waals surface area contributed by atoms with Crippen molar-refractivity contribution in [1.82, 2.24) is 13.9 Å². The lowest BCUT2D eigenvalue weighted by Gasteiger charge is -2.30. The molecule has 1 N–H and O–H groups in total. The van der Waals surface area contributed by atoms with Gasteiger partial charge in [-0.2, -0.15) is 4.31 Å². The standard InChI is InChI=1S/C20H28N4O3S/c1-4-16-7-5-9-18(11-16)22-20(25)17-8-6-10-24(12-17)28(26,27)19-13-23(14-21-19)15(2)3/h5,7,9,11,13-15,17H,4,6,8,10,12H2,1-3H3,(H,22,25)/t17-/m1/s1. The summed E-state index contributed by atoms with van der Waals surface area (Å²) in [5.74, 6) is -0.512. The van der Waals surface area contributed by atoms with Crippen LogP contribution in [0.2, 0.25) is 0 Å². The molecule has 2 heterocycles. The predicted octanol–water partition coefficient (Wildman–Crippen LogP) is 3.07. The molecule has 8 heteroatoms. The smallest absolute Gasteiger partial charge is 0.262 e. The lowest BCUT2D eigenvalue weighted by molar-refractivity contribution is -0.120. The molecular weight excluding hydrogens is 376 g/mol.